The fraction of sp³-hybridized carbons (Fsp3) is 0.421. The van der Waals surface area contributed by atoms with Crippen LogP contribution in [0.15, 0.2) is 29.3 Å². The van der Waals surface area contributed by atoms with Crippen LogP contribution in [0.3, 0.4) is 0 Å². The molecule has 2 N–H and O–H groups in total. The third-order valence-electron chi connectivity index (χ3n) is 5.00. The second kappa shape index (κ2) is 8.51. The lowest BCUT2D eigenvalue weighted by Crippen LogP contribution is -2.37. The number of imidazole rings is 1. The lowest BCUT2D eigenvalue weighted by atomic mass is 10.2. The smallest absolute Gasteiger partial charge is 0.278 e. The summed E-state index contributed by atoms with van der Waals surface area (Å²) in [7, 11) is 0. The van der Waals surface area contributed by atoms with Crippen molar-refractivity contribution in [1.82, 2.24) is 24.4 Å². The Morgan fingerprint density at radius 1 is 1.14 bits per heavy atom. The molecule has 1 saturated heterocycles. The van der Waals surface area contributed by atoms with Crippen molar-refractivity contribution in [2.75, 3.05) is 25.0 Å². The van der Waals surface area contributed by atoms with Crippen molar-refractivity contribution in [2.24, 2.45) is 0 Å². The molecule has 2 aromatic heterocycles. The van der Waals surface area contributed by atoms with Gasteiger partial charge in [-0.05, 0) is 56.6 Å². The Kier molecular flexibility index (Phi) is 5.85. The number of likely N-dealkylation sites (tertiary alicyclic amines) is 1. The Bertz CT molecular complexity index is 1030. The quantitative estimate of drug-likeness (QED) is 0.544. The number of nitrogens with one attached hydrogen (secondary N) is 2. The topological polar surface area (TPSA) is 78.8 Å². The number of anilines is 1. The number of aromatic amines is 1. The van der Waals surface area contributed by atoms with Gasteiger partial charge >= 0.3 is 0 Å². The van der Waals surface area contributed by atoms with Crippen molar-refractivity contribution in [3.63, 3.8) is 0 Å². The van der Waals surface area contributed by atoms with Gasteiger partial charge < -0.3 is 14.8 Å². The van der Waals surface area contributed by atoms with E-state index in [1.807, 2.05) is 10.6 Å². The van der Waals surface area contributed by atoms with Gasteiger partial charge in [-0.3, -0.25) is 9.78 Å². The highest BCUT2D eigenvalue weighted by Crippen LogP contribution is 2.22. The number of nitrogens with zero attached hydrogens (tertiary/aromatic N) is 4. The minimum Gasteiger partial charge on any atom is -0.352 e. The molecule has 0 aliphatic carbocycles. The normalized spacial score (nSPS) is 14.4. The van der Waals surface area contributed by atoms with Crippen LogP contribution in [0, 0.1) is 0 Å². The predicted molar refractivity (Wildman–Crippen MR) is 112 cm³/mol. The summed E-state index contributed by atoms with van der Waals surface area (Å²) in [4.78, 5) is 26.5. The molecule has 4 rings (SSSR count). The van der Waals surface area contributed by atoms with Gasteiger partial charge in [0.25, 0.3) is 5.56 Å². The number of aromatic nitrogens is 4. The Balaban J connectivity index is 1.40. The van der Waals surface area contributed by atoms with Crippen LogP contribution >= 0.6 is 23.2 Å². The predicted octanol–water partition coefficient (Wildman–Crippen LogP) is 3.52. The molecule has 9 heteroatoms. The fourth-order valence-corrected chi connectivity index (χ4v) is 3.62. The average molecular weight is 421 g/mol. The summed E-state index contributed by atoms with van der Waals surface area (Å²) in [5, 5.41) is 4.10. The van der Waals surface area contributed by atoms with E-state index in [9.17, 15) is 4.79 Å². The summed E-state index contributed by atoms with van der Waals surface area (Å²) in [5.74, 6) is 0.381. The van der Waals surface area contributed by atoms with Gasteiger partial charge in [0.15, 0.2) is 11.2 Å². The molecule has 3 heterocycles. The van der Waals surface area contributed by atoms with Gasteiger partial charge in [0, 0.05) is 13.1 Å². The van der Waals surface area contributed by atoms with Crippen LogP contribution < -0.4 is 10.9 Å². The second-order valence-electron chi connectivity index (χ2n) is 7.03. The third kappa shape index (κ3) is 4.32. The molecule has 0 spiro atoms. The number of H-pyrrole nitrogens is 1. The van der Waals surface area contributed by atoms with Crippen molar-refractivity contribution in [2.45, 2.75) is 32.4 Å². The van der Waals surface area contributed by atoms with Crippen molar-refractivity contribution in [3.8, 4) is 0 Å². The third-order valence-corrected chi connectivity index (χ3v) is 5.74. The molecular weight excluding hydrogens is 399 g/mol. The summed E-state index contributed by atoms with van der Waals surface area (Å²) in [6.07, 6.45) is 5.14. The van der Waals surface area contributed by atoms with E-state index in [1.54, 1.807) is 18.5 Å². The van der Waals surface area contributed by atoms with E-state index in [4.69, 9.17) is 23.2 Å². The maximum absolute atomic E-state index is 12.5. The Labute approximate surface area is 172 Å². The Morgan fingerprint density at radius 2 is 1.96 bits per heavy atom. The monoisotopic (exact) mass is 420 g/mol. The second-order valence-corrected chi connectivity index (χ2v) is 7.84. The Morgan fingerprint density at radius 3 is 2.71 bits per heavy atom. The summed E-state index contributed by atoms with van der Waals surface area (Å²) in [6, 6.07) is 5.39. The zero-order valence-corrected chi connectivity index (χ0v) is 16.9. The van der Waals surface area contributed by atoms with Gasteiger partial charge in [-0.2, -0.15) is 4.98 Å². The van der Waals surface area contributed by atoms with Gasteiger partial charge in [0.2, 0.25) is 5.95 Å². The van der Waals surface area contributed by atoms with E-state index in [-0.39, 0.29) is 5.56 Å². The van der Waals surface area contributed by atoms with Crippen molar-refractivity contribution < 1.29 is 0 Å². The number of fused-ring (bicyclic) bond motifs is 1. The number of halogens is 2. The van der Waals surface area contributed by atoms with Gasteiger partial charge in [-0.15, -0.1) is 0 Å². The first-order valence-corrected chi connectivity index (χ1v) is 10.2. The lowest BCUT2D eigenvalue weighted by molar-refractivity contribution is 0.177. The number of hydrogen-bond acceptors (Lipinski definition) is 5. The maximum Gasteiger partial charge on any atom is 0.278 e. The molecule has 1 aliphatic heterocycles. The van der Waals surface area contributed by atoms with E-state index in [1.165, 1.54) is 19.5 Å². The molecule has 0 radical (unpaired) electrons. The molecule has 28 heavy (non-hydrogen) atoms. The first-order chi connectivity index (χ1) is 13.6. The fourth-order valence-electron chi connectivity index (χ4n) is 3.30. The summed E-state index contributed by atoms with van der Waals surface area (Å²) in [6.45, 7) is 4.79. The van der Waals surface area contributed by atoms with Crippen LogP contribution in [0.1, 0.15) is 24.8 Å². The largest absolute Gasteiger partial charge is 0.352 e. The van der Waals surface area contributed by atoms with Crippen LogP contribution in [0.25, 0.3) is 11.2 Å². The van der Waals surface area contributed by atoms with Crippen molar-refractivity contribution in [3.05, 3.63) is 50.5 Å². The summed E-state index contributed by atoms with van der Waals surface area (Å²) >= 11 is 12.0. The minimum absolute atomic E-state index is 0.193. The van der Waals surface area contributed by atoms with Crippen LogP contribution in [0.2, 0.25) is 10.0 Å². The number of hydrogen-bond donors (Lipinski definition) is 2. The van der Waals surface area contributed by atoms with Crippen LogP contribution in [-0.2, 0) is 13.1 Å². The molecule has 3 aromatic rings. The molecule has 1 aromatic carbocycles. The maximum atomic E-state index is 12.5. The van der Waals surface area contributed by atoms with Crippen LogP contribution in [-0.4, -0.2) is 44.1 Å². The molecule has 148 valence electrons. The van der Waals surface area contributed by atoms with Gasteiger partial charge in [-0.1, -0.05) is 29.3 Å². The van der Waals surface area contributed by atoms with E-state index in [2.05, 4.69) is 25.2 Å². The standard InChI is InChI=1S/C19H22Cl2N6O/c20-14-5-4-13(10-15(14)21)11-22-19-24-17-16(18(28)25-19)27(12-23-17)9-2-1-6-26-7-3-8-26/h4-5,10,12H,1-3,6-9,11H2,(H2,22,24,25,28). The van der Waals surface area contributed by atoms with Crippen LogP contribution in [0.5, 0.6) is 0 Å². The SMILES string of the molecule is O=c1[nH]c(NCc2ccc(Cl)c(Cl)c2)nc2ncn(CCCCN3CCC3)c12. The van der Waals surface area contributed by atoms with Crippen molar-refractivity contribution >= 4 is 40.3 Å². The number of aryl methyl sites for hydroxylation is 1. The number of unbranched alkanes of at least 4 members (excludes halogenated alkanes) is 1. The zero-order valence-electron chi connectivity index (χ0n) is 15.4. The highest BCUT2D eigenvalue weighted by molar-refractivity contribution is 6.42. The highest BCUT2D eigenvalue weighted by Gasteiger charge is 2.13. The van der Waals surface area contributed by atoms with E-state index < -0.39 is 0 Å². The molecule has 1 aliphatic rings. The summed E-state index contributed by atoms with van der Waals surface area (Å²) in [5.41, 5.74) is 1.71. The molecular formula is C19H22Cl2N6O. The first-order valence-electron chi connectivity index (χ1n) is 9.45. The lowest BCUT2D eigenvalue weighted by Gasteiger charge is -2.30. The molecule has 0 atom stereocenters. The van der Waals surface area contributed by atoms with Crippen molar-refractivity contribution in [1.29, 1.82) is 0 Å². The summed E-state index contributed by atoms with van der Waals surface area (Å²) < 4.78 is 1.89. The molecule has 7 nitrogen and oxygen atoms in total. The van der Waals surface area contributed by atoms with E-state index >= 15 is 0 Å². The van der Waals surface area contributed by atoms with E-state index in [0.717, 1.165) is 31.5 Å². The van der Waals surface area contributed by atoms with Gasteiger partial charge in [0.1, 0.15) is 0 Å². The van der Waals surface area contributed by atoms with Gasteiger partial charge in [-0.25, -0.2) is 4.98 Å². The molecule has 1 fully saturated rings. The van der Waals surface area contributed by atoms with E-state index in [0.29, 0.717) is 33.7 Å². The first kappa shape index (κ1) is 19.2. The molecule has 0 unspecified atom stereocenters. The minimum atomic E-state index is -0.193. The highest BCUT2D eigenvalue weighted by atomic mass is 35.5. The number of rotatable bonds is 8. The van der Waals surface area contributed by atoms with Gasteiger partial charge in [0.05, 0.1) is 16.4 Å². The molecule has 0 bridgehead atoms. The molecule has 0 amide bonds. The zero-order chi connectivity index (χ0) is 19.5. The Hall–Kier alpha value is -2.09. The van der Waals surface area contributed by atoms with Crippen LogP contribution in [0.4, 0.5) is 5.95 Å². The number of benzene rings is 1. The molecule has 0 saturated carbocycles. The average Bonchev–Trinajstić information content (AvgIpc) is 3.04.